The SMILES string of the molecule is Cn1ccc(N2CCN(C(=O)C3(Nc4ccccc4C#N)CCCC3)CC2)n1. The Bertz CT molecular complexity index is 884. The molecule has 1 saturated carbocycles. The number of nitrogens with zero attached hydrogens (tertiary/aromatic N) is 5. The molecule has 0 spiro atoms. The van der Waals surface area contributed by atoms with E-state index in [9.17, 15) is 10.1 Å². The van der Waals surface area contributed by atoms with Crippen molar-refractivity contribution in [3.05, 3.63) is 42.1 Å². The van der Waals surface area contributed by atoms with E-state index in [-0.39, 0.29) is 5.91 Å². The van der Waals surface area contributed by atoms with Crippen LogP contribution in [0.25, 0.3) is 0 Å². The molecule has 28 heavy (non-hydrogen) atoms. The first-order valence-electron chi connectivity index (χ1n) is 9.93. The Morgan fingerprint density at radius 2 is 1.86 bits per heavy atom. The summed E-state index contributed by atoms with van der Waals surface area (Å²) in [5.74, 6) is 1.13. The lowest BCUT2D eigenvalue weighted by Gasteiger charge is -2.40. The lowest BCUT2D eigenvalue weighted by molar-refractivity contribution is -0.136. The maximum atomic E-state index is 13.5. The van der Waals surface area contributed by atoms with E-state index in [2.05, 4.69) is 21.4 Å². The molecule has 2 aliphatic rings. The summed E-state index contributed by atoms with van der Waals surface area (Å²) in [6.07, 6.45) is 5.62. The first kappa shape index (κ1) is 18.4. The number of benzene rings is 1. The highest BCUT2D eigenvalue weighted by molar-refractivity contribution is 5.90. The summed E-state index contributed by atoms with van der Waals surface area (Å²) in [7, 11) is 1.91. The van der Waals surface area contributed by atoms with E-state index in [0.29, 0.717) is 18.7 Å². The van der Waals surface area contributed by atoms with Gasteiger partial charge >= 0.3 is 0 Å². The number of piperazine rings is 1. The first-order chi connectivity index (χ1) is 13.6. The fourth-order valence-corrected chi connectivity index (χ4v) is 4.33. The van der Waals surface area contributed by atoms with Crippen LogP contribution in [-0.4, -0.2) is 52.3 Å². The normalized spacial score (nSPS) is 18.7. The van der Waals surface area contributed by atoms with Gasteiger partial charge in [-0.2, -0.15) is 10.4 Å². The van der Waals surface area contributed by atoms with Gasteiger partial charge in [0.05, 0.1) is 11.3 Å². The number of aryl methyl sites for hydroxylation is 1. The fourth-order valence-electron chi connectivity index (χ4n) is 4.33. The average molecular weight is 378 g/mol. The second kappa shape index (κ2) is 7.55. The number of anilines is 2. The number of hydrogen-bond acceptors (Lipinski definition) is 5. The molecule has 0 atom stereocenters. The zero-order valence-electron chi connectivity index (χ0n) is 16.3. The Labute approximate surface area is 165 Å². The van der Waals surface area contributed by atoms with Gasteiger partial charge in [0.15, 0.2) is 5.82 Å². The molecule has 1 aliphatic carbocycles. The summed E-state index contributed by atoms with van der Waals surface area (Å²) < 4.78 is 1.80. The molecule has 0 bridgehead atoms. The van der Waals surface area contributed by atoms with Crippen molar-refractivity contribution >= 4 is 17.4 Å². The van der Waals surface area contributed by atoms with Crippen molar-refractivity contribution in [2.24, 2.45) is 7.05 Å². The Morgan fingerprint density at radius 3 is 2.50 bits per heavy atom. The van der Waals surface area contributed by atoms with Gasteiger partial charge < -0.3 is 15.1 Å². The molecule has 1 saturated heterocycles. The number of carbonyl (C=O) groups excluding carboxylic acids is 1. The molecule has 0 unspecified atom stereocenters. The highest BCUT2D eigenvalue weighted by Gasteiger charge is 2.44. The second-order valence-corrected chi connectivity index (χ2v) is 7.70. The number of para-hydroxylation sites is 1. The largest absolute Gasteiger partial charge is 0.370 e. The van der Waals surface area contributed by atoms with Gasteiger partial charge in [-0.1, -0.05) is 25.0 Å². The molecule has 7 heteroatoms. The smallest absolute Gasteiger partial charge is 0.248 e. The Hall–Kier alpha value is -3.01. The van der Waals surface area contributed by atoms with Crippen molar-refractivity contribution in [3.63, 3.8) is 0 Å². The van der Waals surface area contributed by atoms with Crippen LogP contribution in [0.15, 0.2) is 36.5 Å². The van der Waals surface area contributed by atoms with Gasteiger partial charge in [0.1, 0.15) is 11.6 Å². The zero-order chi connectivity index (χ0) is 19.6. The van der Waals surface area contributed by atoms with Crippen LogP contribution in [0.5, 0.6) is 0 Å². The highest BCUT2D eigenvalue weighted by atomic mass is 16.2. The van der Waals surface area contributed by atoms with Crippen LogP contribution in [0, 0.1) is 11.3 Å². The number of rotatable bonds is 4. The van der Waals surface area contributed by atoms with Crippen LogP contribution in [0.1, 0.15) is 31.2 Å². The zero-order valence-corrected chi connectivity index (χ0v) is 16.3. The third-order valence-electron chi connectivity index (χ3n) is 5.88. The molecular formula is C21H26N6O. The van der Waals surface area contributed by atoms with Crippen LogP contribution in [0.2, 0.25) is 0 Å². The third-order valence-corrected chi connectivity index (χ3v) is 5.88. The summed E-state index contributed by atoms with van der Waals surface area (Å²) in [5, 5.41) is 17.3. The van der Waals surface area contributed by atoms with Crippen LogP contribution in [-0.2, 0) is 11.8 Å². The summed E-state index contributed by atoms with van der Waals surface area (Å²) in [5.41, 5.74) is 0.744. The van der Waals surface area contributed by atoms with Crippen molar-refractivity contribution < 1.29 is 4.79 Å². The molecule has 1 aromatic heterocycles. The fraction of sp³-hybridized carbons (Fsp3) is 0.476. The molecule has 7 nitrogen and oxygen atoms in total. The Kier molecular flexibility index (Phi) is 4.95. The maximum absolute atomic E-state index is 13.5. The molecule has 2 fully saturated rings. The van der Waals surface area contributed by atoms with E-state index in [1.54, 1.807) is 10.7 Å². The van der Waals surface area contributed by atoms with Crippen molar-refractivity contribution in [3.8, 4) is 6.07 Å². The number of hydrogen-bond donors (Lipinski definition) is 1. The Balaban J connectivity index is 1.48. The molecule has 146 valence electrons. The third kappa shape index (κ3) is 3.42. The van der Waals surface area contributed by atoms with E-state index < -0.39 is 5.54 Å². The number of amides is 1. The minimum absolute atomic E-state index is 0.165. The number of nitriles is 1. The number of carbonyl (C=O) groups is 1. The van der Waals surface area contributed by atoms with Crippen LogP contribution in [0.3, 0.4) is 0 Å². The second-order valence-electron chi connectivity index (χ2n) is 7.70. The van der Waals surface area contributed by atoms with Gasteiger partial charge in [-0.05, 0) is 25.0 Å². The van der Waals surface area contributed by atoms with E-state index in [4.69, 9.17) is 0 Å². The quantitative estimate of drug-likeness (QED) is 0.884. The minimum atomic E-state index is -0.597. The van der Waals surface area contributed by atoms with Crippen LogP contribution >= 0.6 is 0 Å². The molecule has 1 aliphatic heterocycles. The summed E-state index contributed by atoms with van der Waals surface area (Å²) in [6, 6.07) is 11.7. The van der Waals surface area contributed by atoms with Crippen LogP contribution < -0.4 is 10.2 Å². The number of nitrogens with one attached hydrogen (secondary N) is 1. The topological polar surface area (TPSA) is 77.2 Å². The average Bonchev–Trinajstić information content (AvgIpc) is 3.38. The van der Waals surface area contributed by atoms with E-state index in [1.807, 2.05) is 42.4 Å². The lowest BCUT2D eigenvalue weighted by atomic mass is 9.93. The predicted octanol–water partition coefficient (Wildman–Crippen LogP) is 2.37. The number of aromatic nitrogens is 2. The van der Waals surface area contributed by atoms with Gasteiger partial charge in [0.25, 0.3) is 0 Å². The minimum Gasteiger partial charge on any atom is -0.370 e. The molecule has 1 amide bonds. The monoisotopic (exact) mass is 378 g/mol. The van der Waals surface area contributed by atoms with Crippen molar-refractivity contribution in [1.29, 1.82) is 5.26 Å². The standard InChI is InChI=1S/C21H26N6O/c1-25-11-8-19(24-25)26-12-14-27(15-13-26)20(28)21(9-4-5-10-21)23-18-7-3-2-6-17(18)16-22/h2-3,6-8,11,23H,4-5,9-10,12-15H2,1H3. The predicted molar refractivity (Wildman–Crippen MR) is 108 cm³/mol. The van der Waals surface area contributed by atoms with Gasteiger partial charge in [0, 0.05) is 45.5 Å². The molecule has 4 rings (SSSR count). The van der Waals surface area contributed by atoms with E-state index in [1.165, 1.54) is 0 Å². The van der Waals surface area contributed by atoms with Gasteiger partial charge in [-0.15, -0.1) is 0 Å². The molecule has 1 N–H and O–H groups in total. The molecule has 2 heterocycles. The molecule has 1 aromatic carbocycles. The van der Waals surface area contributed by atoms with Crippen molar-refractivity contribution in [2.45, 2.75) is 31.2 Å². The lowest BCUT2D eigenvalue weighted by Crippen LogP contribution is -2.57. The Morgan fingerprint density at radius 1 is 1.14 bits per heavy atom. The molecule has 0 radical (unpaired) electrons. The first-order valence-corrected chi connectivity index (χ1v) is 9.93. The van der Waals surface area contributed by atoms with Crippen LogP contribution in [0.4, 0.5) is 11.5 Å². The maximum Gasteiger partial charge on any atom is 0.248 e. The van der Waals surface area contributed by atoms with E-state index in [0.717, 1.165) is 50.3 Å². The van der Waals surface area contributed by atoms with Crippen molar-refractivity contribution in [2.75, 3.05) is 36.4 Å². The van der Waals surface area contributed by atoms with Gasteiger partial charge in [-0.3, -0.25) is 9.48 Å². The van der Waals surface area contributed by atoms with E-state index >= 15 is 0 Å². The van der Waals surface area contributed by atoms with Gasteiger partial charge in [-0.25, -0.2) is 0 Å². The summed E-state index contributed by atoms with van der Waals surface area (Å²) in [4.78, 5) is 17.7. The van der Waals surface area contributed by atoms with Gasteiger partial charge in [0.2, 0.25) is 5.91 Å². The highest BCUT2D eigenvalue weighted by Crippen LogP contribution is 2.36. The van der Waals surface area contributed by atoms with Crippen molar-refractivity contribution in [1.82, 2.24) is 14.7 Å². The summed E-state index contributed by atoms with van der Waals surface area (Å²) >= 11 is 0. The molecular weight excluding hydrogens is 352 g/mol. The molecule has 2 aromatic rings. The summed E-state index contributed by atoms with van der Waals surface area (Å²) in [6.45, 7) is 2.96.